The van der Waals surface area contributed by atoms with E-state index in [1.807, 2.05) is 6.92 Å². The molecule has 0 bridgehead atoms. The summed E-state index contributed by atoms with van der Waals surface area (Å²) in [7, 11) is 1.65. The molecule has 0 saturated heterocycles. The van der Waals surface area contributed by atoms with Crippen LogP contribution < -0.4 is 5.32 Å². The molecule has 0 aromatic carbocycles. The Hall–Kier alpha value is -1.85. The second-order valence-electron chi connectivity index (χ2n) is 3.95. The number of aliphatic carboxylic acids is 1. The number of carboxylic acid groups (broad SMARTS) is 1. The van der Waals surface area contributed by atoms with Crippen molar-refractivity contribution in [3.8, 4) is 0 Å². The van der Waals surface area contributed by atoms with Crippen molar-refractivity contribution in [1.82, 2.24) is 15.1 Å². The largest absolute Gasteiger partial charge is 0.480 e. The molecule has 1 aromatic rings. The van der Waals surface area contributed by atoms with Gasteiger partial charge in [0.25, 0.3) is 5.91 Å². The van der Waals surface area contributed by atoms with Gasteiger partial charge in [-0.1, -0.05) is 13.3 Å². The number of carbonyl (C=O) groups excluding carboxylic acids is 1. The average molecular weight is 239 g/mol. The van der Waals surface area contributed by atoms with Crippen LogP contribution in [0.15, 0.2) is 6.07 Å². The Labute approximate surface area is 99.6 Å². The monoisotopic (exact) mass is 239 g/mol. The van der Waals surface area contributed by atoms with E-state index in [-0.39, 0.29) is 0 Å². The van der Waals surface area contributed by atoms with Gasteiger partial charge in [0.05, 0.1) is 5.69 Å². The highest BCUT2D eigenvalue weighted by molar-refractivity contribution is 5.95. The zero-order chi connectivity index (χ0) is 13.0. The number of aryl methyl sites for hydroxylation is 2. The Morgan fingerprint density at radius 3 is 2.65 bits per heavy atom. The van der Waals surface area contributed by atoms with Gasteiger partial charge in [0.2, 0.25) is 0 Å². The third kappa shape index (κ3) is 3.30. The zero-order valence-corrected chi connectivity index (χ0v) is 10.2. The highest BCUT2D eigenvalue weighted by Gasteiger charge is 2.21. The summed E-state index contributed by atoms with van der Waals surface area (Å²) < 4.78 is 1.44. The first-order chi connectivity index (χ1) is 7.95. The Balaban J connectivity index is 2.77. The van der Waals surface area contributed by atoms with E-state index in [0.29, 0.717) is 18.5 Å². The number of nitrogens with one attached hydrogen (secondary N) is 1. The first-order valence-corrected chi connectivity index (χ1v) is 5.50. The number of hydrogen-bond acceptors (Lipinski definition) is 3. The van der Waals surface area contributed by atoms with Crippen LogP contribution in [0, 0.1) is 6.92 Å². The van der Waals surface area contributed by atoms with Crippen molar-refractivity contribution in [1.29, 1.82) is 0 Å². The molecule has 1 heterocycles. The van der Waals surface area contributed by atoms with Gasteiger partial charge >= 0.3 is 5.97 Å². The van der Waals surface area contributed by atoms with Crippen molar-refractivity contribution < 1.29 is 14.7 Å². The standard InChI is InChI=1S/C11H17N3O3/c1-4-5-8(11(16)17)12-10(15)9-6-7(2)13-14(9)3/h6,8H,4-5H2,1-3H3,(H,12,15)(H,16,17). The van der Waals surface area contributed by atoms with E-state index in [1.165, 1.54) is 4.68 Å². The smallest absolute Gasteiger partial charge is 0.326 e. The number of carbonyl (C=O) groups is 2. The van der Waals surface area contributed by atoms with Gasteiger partial charge in [0.1, 0.15) is 11.7 Å². The van der Waals surface area contributed by atoms with Gasteiger partial charge in [0.15, 0.2) is 0 Å². The van der Waals surface area contributed by atoms with Crippen molar-refractivity contribution in [2.75, 3.05) is 0 Å². The van der Waals surface area contributed by atoms with Gasteiger partial charge in [-0.15, -0.1) is 0 Å². The van der Waals surface area contributed by atoms with Crippen LogP contribution >= 0.6 is 0 Å². The molecule has 1 aromatic heterocycles. The maximum absolute atomic E-state index is 11.8. The molecule has 2 N–H and O–H groups in total. The number of rotatable bonds is 5. The lowest BCUT2D eigenvalue weighted by Crippen LogP contribution is -2.41. The van der Waals surface area contributed by atoms with Crippen LogP contribution in [-0.2, 0) is 11.8 Å². The summed E-state index contributed by atoms with van der Waals surface area (Å²) in [6.07, 6.45) is 1.11. The molecule has 0 spiro atoms. The van der Waals surface area contributed by atoms with Crippen molar-refractivity contribution >= 4 is 11.9 Å². The molecular weight excluding hydrogens is 222 g/mol. The van der Waals surface area contributed by atoms with E-state index >= 15 is 0 Å². The lowest BCUT2D eigenvalue weighted by Gasteiger charge is -2.13. The fourth-order valence-electron chi connectivity index (χ4n) is 1.60. The number of hydrogen-bond donors (Lipinski definition) is 2. The highest BCUT2D eigenvalue weighted by atomic mass is 16.4. The lowest BCUT2D eigenvalue weighted by molar-refractivity contribution is -0.139. The molecule has 0 aliphatic heterocycles. The van der Waals surface area contributed by atoms with Gasteiger partial charge in [0, 0.05) is 7.05 Å². The third-order valence-electron chi connectivity index (χ3n) is 2.42. The van der Waals surface area contributed by atoms with Gasteiger partial charge in [-0.3, -0.25) is 9.48 Å². The average Bonchev–Trinajstić information content (AvgIpc) is 2.57. The Morgan fingerprint density at radius 1 is 1.59 bits per heavy atom. The van der Waals surface area contributed by atoms with Crippen LogP contribution in [0.3, 0.4) is 0 Å². The predicted octanol–water partition coefficient (Wildman–Crippen LogP) is 0.712. The minimum absolute atomic E-state index is 0.366. The molecule has 0 fully saturated rings. The third-order valence-corrected chi connectivity index (χ3v) is 2.42. The van der Waals surface area contributed by atoms with Gasteiger partial charge in [-0.05, 0) is 19.4 Å². The second-order valence-corrected chi connectivity index (χ2v) is 3.95. The van der Waals surface area contributed by atoms with E-state index in [2.05, 4.69) is 10.4 Å². The molecule has 6 nitrogen and oxygen atoms in total. The molecule has 0 saturated carbocycles. The molecule has 17 heavy (non-hydrogen) atoms. The van der Waals surface area contributed by atoms with E-state index in [4.69, 9.17) is 5.11 Å². The van der Waals surface area contributed by atoms with Crippen LogP contribution in [-0.4, -0.2) is 32.8 Å². The van der Waals surface area contributed by atoms with Crippen LogP contribution in [0.25, 0.3) is 0 Å². The van der Waals surface area contributed by atoms with Gasteiger partial charge in [-0.2, -0.15) is 5.10 Å². The van der Waals surface area contributed by atoms with E-state index < -0.39 is 17.9 Å². The number of aromatic nitrogens is 2. The van der Waals surface area contributed by atoms with Crippen LogP contribution in [0.2, 0.25) is 0 Å². The molecule has 0 aliphatic rings. The summed E-state index contributed by atoms with van der Waals surface area (Å²) in [5.74, 6) is -1.42. The van der Waals surface area contributed by atoms with E-state index in [0.717, 1.165) is 5.69 Å². The van der Waals surface area contributed by atoms with Crippen molar-refractivity contribution in [2.24, 2.45) is 7.05 Å². The molecule has 1 unspecified atom stereocenters. The molecule has 94 valence electrons. The quantitative estimate of drug-likeness (QED) is 0.792. The summed E-state index contributed by atoms with van der Waals surface area (Å²) in [6, 6.07) is 0.780. The molecule has 0 aliphatic carbocycles. The van der Waals surface area contributed by atoms with Crippen molar-refractivity contribution in [3.05, 3.63) is 17.5 Å². The van der Waals surface area contributed by atoms with Crippen molar-refractivity contribution in [3.63, 3.8) is 0 Å². The number of nitrogens with zero attached hydrogens (tertiary/aromatic N) is 2. The summed E-state index contributed by atoms with van der Waals surface area (Å²) in [5, 5.41) is 15.5. The minimum atomic E-state index is -1.01. The molecule has 1 amide bonds. The summed E-state index contributed by atoms with van der Waals surface area (Å²) in [6.45, 7) is 3.65. The van der Waals surface area contributed by atoms with Crippen LogP contribution in [0.1, 0.15) is 35.9 Å². The topological polar surface area (TPSA) is 84.2 Å². The van der Waals surface area contributed by atoms with Crippen LogP contribution in [0.4, 0.5) is 0 Å². The van der Waals surface area contributed by atoms with Gasteiger partial charge < -0.3 is 10.4 Å². The Kier molecular flexibility index (Phi) is 4.25. The molecule has 6 heteroatoms. The molecule has 1 rings (SSSR count). The van der Waals surface area contributed by atoms with E-state index in [9.17, 15) is 9.59 Å². The zero-order valence-electron chi connectivity index (χ0n) is 10.2. The number of amides is 1. The molecular formula is C11H17N3O3. The normalized spacial score (nSPS) is 12.2. The summed E-state index contributed by atoms with van der Waals surface area (Å²) >= 11 is 0. The second kappa shape index (κ2) is 5.47. The van der Waals surface area contributed by atoms with Crippen molar-refractivity contribution in [2.45, 2.75) is 32.7 Å². The van der Waals surface area contributed by atoms with Gasteiger partial charge in [-0.25, -0.2) is 4.79 Å². The number of carboxylic acids is 1. The Bertz CT molecular complexity index is 426. The molecule has 1 atom stereocenters. The summed E-state index contributed by atoms with van der Waals surface area (Å²) in [5.41, 5.74) is 1.09. The first-order valence-electron chi connectivity index (χ1n) is 5.50. The fraction of sp³-hybridized carbons (Fsp3) is 0.545. The minimum Gasteiger partial charge on any atom is -0.480 e. The lowest BCUT2D eigenvalue weighted by atomic mass is 10.1. The first kappa shape index (κ1) is 13.2. The van der Waals surface area contributed by atoms with E-state index in [1.54, 1.807) is 20.0 Å². The fourth-order valence-corrected chi connectivity index (χ4v) is 1.60. The molecule has 0 radical (unpaired) electrons. The Morgan fingerprint density at radius 2 is 2.24 bits per heavy atom. The maximum Gasteiger partial charge on any atom is 0.326 e. The maximum atomic E-state index is 11.8. The predicted molar refractivity (Wildman–Crippen MR) is 61.7 cm³/mol. The SMILES string of the molecule is CCCC(NC(=O)c1cc(C)nn1C)C(=O)O. The highest BCUT2D eigenvalue weighted by Crippen LogP contribution is 2.04. The summed E-state index contributed by atoms with van der Waals surface area (Å²) in [4.78, 5) is 22.7. The van der Waals surface area contributed by atoms with Crippen LogP contribution in [0.5, 0.6) is 0 Å².